The van der Waals surface area contributed by atoms with Crippen LogP contribution in [0, 0.1) is 10.1 Å². The molecule has 0 radical (unpaired) electrons. The molecule has 0 saturated heterocycles. The maximum absolute atomic E-state index is 12.1. The number of amides is 1. The van der Waals surface area contributed by atoms with Crippen molar-refractivity contribution < 1.29 is 14.5 Å². The van der Waals surface area contributed by atoms with Crippen LogP contribution >= 0.6 is 0 Å². The van der Waals surface area contributed by atoms with Crippen LogP contribution < -0.4 is 10.1 Å². The molecule has 0 fully saturated rings. The molecule has 2 aromatic carbocycles. The first-order chi connectivity index (χ1) is 12.2. The van der Waals surface area contributed by atoms with E-state index in [1.807, 2.05) is 24.3 Å². The average molecular weight is 354 g/mol. The van der Waals surface area contributed by atoms with Crippen molar-refractivity contribution in [1.29, 1.82) is 0 Å². The Morgan fingerprint density at radius 1 is 1.15 bits per heavy atom. The second-order valence-corrected chi connectivity index (χ2v) is 6.84. The number of nitro benzene ring substituents is 1. The minimum atomic E-state index is -0.519. The van der Waals surface area contributed by atoms with Crippen LogP contribution in [-0.4, -0.2) is 17.9 Å². The summed E-state index contributed by atoms with van der Waals surface area (Å²) in [5.41, 5.74) is 2.47. The Balaban J connectivity index is 2.09. The lowest BCUT2D eigenvalue weighted by Crippen LogP contribution is -2.10. The zero-order valence-corrected chi connectivity index (χ0v) is 15.3. The number of nitrogens with zero attached hydrogens (tertiary/aromatic N) is 1. The van der Waals surface area contributed by atoms with Crippen molar-refractivity contribution in [2.75, 3.05) is 12.4 Å². The maximum atomic E-state index is 12.1. The molecule has 0 aliphatic heterocycles. The monoisotopic (exact) mass is 354 g/mol. The summed E-state index contributed by atoms with van der Waals surface area (Å²) in [6.07, 6.45) is 3.12. The number of anilines is 1. The summed E-state index contributed by atoms with van der Waals surface area (Å²) >= 11 is 0. The highest BCUT2D eigenvalue weighted by Gasteiger charge is 2.13. The molecule has 0 atom stereocenters. The third-order valence-corrected chi connectivity index (χ3v) is 3.86. The number of hydrogen-bond donors (Lipinski definition) is 1. The fraction of sp³-hybridized carbons (Fsp3) is 0.250. The van der Waals surface area contributed by atoms with Crippen LogP contribution in [0.5, 0.6) is 5.75 Å². The van der Waals surface area contributed by atoms with Gasteiger partial charge in [-0.15, -0.1) is 0 Å². The van der Waals surface area contributed by atoms with Gasteiger partial charge in [-0.2, -0.15) is 0 Å². The molecule has 1 amide bonds. The number of methoxy groups -OCH3 is 1. The van der Waals surface area contributed by atoms with Crippen LogP contribution in [-0.2, 0) is 10.2 Å². The smallest absolute Gasteiger partial charge is 0.273 e. The molecule has 2 rings (SSSR count). The Hall–Kier alpha value is -3.15. The van der Waals surface area contributed by atoms with E-state index in [0.717, 1.165) is 5.56 Å². The molecular formula is C20H22N2O4. The molecule has 0 saturated carbocycles. The molecule has 0 aromatic heterocycles. The molecule has 0 aliphatic rings. The molecule has 0 aliphatic carbocycles. The number of benzene rings is 2. The first-order valence-corrected chi connectivity index (χ1v) is 8.13. The molecule has 2 aromatic rings. The standard InChI is InChI=1S/C20H22N2O4/c1-20(2,3)15-8-5-14(6-9-15)7-12-19(23)21-17-11-10-16(22(24)25)13-18(17)26-4/h5-13H,1-4H3,(H,21,23)/b12-7+. The molecule has 136 valence electrons. The third kappa shape index (κ3) is 4.92. The van der Waals surface area contributed by atoms with Crippen LogP contribution in [0.3, 0.4) is 0 Å². The number of non-ortho nitro benzene ring substituents is 1. The lowest BCUT2D eigenvalue weighted by molar-refractivity contribution is -0.384. The van der Waals surface area contributed by atoms with E-state index < -0.39 is 4.92 Å². The number of ether oxygens (including phenoxy) is 1. The van der Waals surface area contributed by atoms with Crippen LogP contribution in [0.25, 0.3) is 6.08 Å². The maximum Gasteiger partial charge on any atom is 0.273 e. The molecule has 1 N–H and O–H groups in total. The quantitative estimate of drug-likeness (QED) is 0.485. The van der Waals surface area contributed by atoms with Gasteiger partial charge in [0.1, 0.15) is 5.75 Å². The second-order valence-electron chi connectivity index (χ2n) is 6.84. The van der Waals surface area contributed by atoms with E-state index >= 15 is 0 Å². The van der Waals surface area contributed by atoms with Gasteiger partial charge >= 0.3 is 0 Å². The van der Waals surface area contributed by atoms with E-state index in [1.54, 1.807) is 6.08 Å². The number of carbonyl (C=O) groups is 1. The van der Waals surface area contributed by atoms with Gasteiger partial charge in [-0.25, -0.2) is 0 Å². The zero-order valence-electron chi connectivity index (χ0n) is 15.3. The van der Waals surface area contributed by atoms with Crippen LogP contribution in [0.4, 0.5) is 11.4 Å². The van der Waals surface area contributed by atoms with E-state index in [4.69, 9.17) is 4.74 Å². The Labute approximate surface area is 152 Å². The zero-order chi connectivity index (χ0) is 19.3. The average Bonchev–Trinajstić information content (AvgIpc) is 2.59. The van der Waals surface area contributed by atoms with Crippen molar-refractivity contribution >= 4 is 23.4 Å². The fourth-order valence-electron chi connectivity index (χ4n) is 2.34. The fourth-order valence-corrected chi connectivity index (χ4v) is 2.34. The van der Waals surface area contributed by atoms with Crippen molar-refractivity contribution in [2.45, 2.75) is 26.2 Å². The van der Waals surface area contributed by atoms with Gasteiger partial charge in [-0.05, 0) is 28.7 Å². The Bertz CT molecular complexity index is 834. The first-order valence-electron chi connectivity index (χ1n) is 8.13. The lowest BCUT2D eigenvalue weighted by atomic mass is 9.87. The van der Waals surface area contributed by atoms with E-state index in [-0.39, 0.29) is 22.8 Å². The van der Waals surface area contributed by atoms with Crippen molar-refractivity contribution in [1.82, 2.24) is 0 Å². The summed E-state index contributed by atoms with van der Waals surface area (Å²) < 4.78 is 5.10. The predicted octanol–water partition coefficient (Wildman–Crippen LogP) is 4.55. The molecule has 26 heavy (non-hydrogen) atoms. The summed E-state index contributed by atoms with van der Waals surface area (Å²) in [6.45, 7) is 6.43. The van der Waals surface area contributed by atoms with Gasteiger partial charge < -0.3 is 10.1 Å². The van der Waals surface area contributed by atoms with Gasteiger partial charge in [0.2, 0.25) is 5.91 Å². The largest absolute Gasteiger partial charge is 0.494 e. The van der Waals surface area contributed by atoms with Gasteiger partial charge in [-0.3, -0.25) is 14.9 Å². The molecule has 6 heteroatoms. The van der Waals surface area contributed by atoms with Gasteiger partial charge in [0.05, 0.1) is 23.8 Å². The topological polar surface area (TPSA) is 81.5 Å². The highest BCUT2D eigenvalue weighted by atomic mass is 16.6. The molecule has 0 heterocycles. The number of hydrogen-bond acceptors (Lipinski definition) is 4. The summed E-state index contributed by atoms with van der Waals surface area (Å²) in [5, 5.41) is 13.5. The van der Waals surface area contributed by atoms with E-state index in [0.29, 0.717) is 5.69 Å². The summed E-state index contributed by atoms with van der Waals surface area (Å²) in [4.78, 5) is 22.4. The van der Waals surface area contributed by atoms with Crippen molar-refractivity contribution in [2.24, 2.45) is 0 Å². The summed E-state index contributed by atoms with van der Waals surface area (Å²) in [6, 6.07) is 12.0. The van der Waals surface area contributed by atoms with Crippen LogP contribution in [0.1, 0.15) is 31.9 Å². The van der Waals surface area contributed by atoms with E-state index in [1.165, 1.54) is 36.9 Å². The second kappa shape index (κ2) is 7.82. The van der Waals surface area contributed by atoms with Crippen molar-refractivity contribution in [3.05, 3.63) is 69.8 Å². The number of carbonyl (C=O) groups excluding carboxylic acids is 1. The molecule has 0 bridgehead atoms. The van der Waals surface area contributed by atoms with Crippen LogP contribution in [0.15, 0.2) is 48.5 Å². The number of nitrogens with one attached hydrogen (secondary N) is 1. The van der Waals surface area contributed by atoms with Crippen molar-refractivity contribution in [3.8, 4) is 5.75 Å². The Morgan fingerprint density at radius 2 is 1.81 bits per heavy atom. The first kappa shape index (κ1) is 19.2. The highest BCUT2D eigenvalue weighted by molar-refractivity contribution is 6.02. The normalized spacial score (nSPS) is 11.4. The third-order valence-electron chi connectivity index (χ3n) is 3.86. The number of nitro groups is 1. The van der Waals surface area contributed by atoms with Gasteiger partial charge in [-0.1, -0.05) is 45.0 Å². The predicted molar refractivity (Wildman–Crippen MR) is 102 cm³/mol. The molecular weight excluding hydrogens is 332 g/mol. The lowest BCUT2D eigenvalue weighted by Gasteiger charge is -2.18. The van der Waals surface area contributed by atoms with E-state index in [2.05, 4.69) is 26.1 Å². The summed E-state index contributed by atoms with van der Waals surface area (Å²) in [5.74, 6) is -0.118. The minimum Gasteiger partial charge on any atom is -0.494 e. The van der Waals surface area contributed by atoms with Crippen LogP contribution in [0.2, 0.25) is 0 Å². The Morgan fingerprint density at radius 3 is 2.35 bits per heavy atom. The van der Waals surface area contributed by atoms with Gasteiger partial charge in [0, 0.05) is 12.1 Å². The van der Waals surface area contributed by atoms with E-state index in [9.17, 15) is 14.9 Å². The highest BCUT2D eigenvalue weighted by Crippen LogP contribution is 2.29. The molecule has 0 spiro atoms. The molecule has 0 unspecified atom stereocenters. The van der Waals surface area contributed by atoms with Gasteiger partial charge in [0.15, 0.2) is 0 Å². The SMILES string of the molecule is COc1cc([N+](=O)[O-])ccc1NC(=O)/C=C/c1ccc(C(C)(C)C)cc1. The molecule has 6 nitrogen and oxygen atoms in total. The van der Waals surface area contributed by atoms with Gasteiger partial charge in [0.25, 0.3) is 5.69 Å². The number of rotatable bonds is 5. The minimum absolute atomic E-state index is 0.0755. The Kier molecular flexibility index (Phi) is 5.77. The van der Waals surface area contributed by atoms with Crippen molar-refractivity contribution in [3.63, 3.8) is 0 Å². The summed E-state index contributed by atoms with van der Waals surface area (Å²) in [7, 11) is 1.39.